The van der Waals surface area contributed by atoms with Gasteiger partial charge in [-0.15, -0.1) is 0 Å². The fourth-order valence-corrected chi connectivity index (χ4v) is 2.30. The molecular formula is C13H20N. The van der Waals surface area contributed by atoms with Gasteiger partial charge in [0.1, 0.15) is 0 Å². The molecule has 1 saturated carbocycles. The summed E-state index contributed by atoms with van der Waals surface area (Å²) in [6, 6.07) is 0. The predicted octanol–water partition coefficient (Wildman–Crippen LogP) is 2.51. The summed E-state index contributed by atoms with van der Waals surface area (Å²) in [4.78, 5) is 2.44. The molecule has 0 amide bonds. The van der Waals surface area contributed by atoms with Crippen LogP contribution in [-0.4, -0.2) is 25.0 Å². The molecule has 2 aliphatic rings. The maximum absolute atomic E-state index is 2.44. The molecule has 1 nitrogen and oxygen atoms in total. The van der Waals surface area contributed by atoms with Crippen LogP contribution >= 0.6 is 0 Å². The predicted molar refractivity (Wildman–Crippen MR) is 59.9 cm³/mol. The van der Waals surface area contributed by atoms with Crippen LogP contribution in [0, 0.1) is 37.5 Å². The van der Waals surface area contributed by atoms with Gasteiger partial charge in [-0.25, -0.2) is 0 Å². The highest BCUT2D eigenvalue weighted by Crippen LogP contribution is 2.31. The second-order valence-electron chi connectivity index (χ2n) is 4.58. The van der Waals surface area contributed by atoms with Crippen LogP contribution in [0.1, 0.15) is 25.7 Å². The number of likely N-dealkylation sites (tertiary alicyclic amines) is 1. The molecule has 0 aromatic carbocycles. The van der Waals surface area contributed by atoms with Crippen LogP contribution in [0.5, 0.6) is 0 Å². The van der Waals surface area contributed by atoms with Crippen molar-refractivity contribution in [3.63, 3.8) is 0 Å². The van der Waals surface area contributed by atoms with Gasteiger partial charge >= 0.3 is 0 Å². The van der Waals surface area contributed by atoms with E-state index in [0.29, 0.717) is 0 Å². The maximum atomic E-state index is 2.44. The third-order valence-corrected chi connectivity index (χ3v) is 3.41. The molecule has 14 heavy (non-hydrogen) atoms. The minimum atomic E-state index is 0.973. The van der Waals surface area contributed by atoms with Crippen molar-refractivity contribution in [3.8, 4) is 0 Å². The highest BCUT2D eigenvalue weighted by molar-refractivity contribution is 5.34. The van der Waals surface area contributed by atoms with E-state index in [1.807, 2.05) is 0 Å². The Labute approximate surface area is 88.9 Å². The molecule has 2 fully saturated rings. The first-order valence-electron chi connectivity index (χ1n) is 5.74. The van der Waals surface area contributed by atoms with E-state index in [9.17, 15) is 0 Å². The van der Waals surface area contributed by atoms with E-state index in [2.05, 4.69) is 37.6 Å². The molecule has 0 spiro atoms. The number of hydrogen-bond donors (Lipinski definition) is 0. The van der Waals surface area contributed by atoms with Crippen molar-refractivity contribution in [2.45, 2.75) is 25.7 Å². The lowest BCUT2D eigenvalue weighted by Gasteiger charge is -2.29. The van der Waals surface area contributed by atoms with Crippen molar-refractivity contribution in [1.29, 1.82) is 0 Å². The van der Waals surface area contributed by atoms with Crippen molar-refractivity contribution in [3.05, 3.63) is 31.6 Å². The summed E-state index contributed by atoms with van der Waals surface area (Å²) < 4.78 is 0. The second-order valence-corrected chi connectivity index (χ2v) is 4.58. The Kier molecular flexibility index (Phi) is 3.86. The molecule has 1 aliphatic carbocycles. The Bertz CT molecular complexity index is 153. The molecule has 1 saturated heterocycles. The van der Waals surface area contributed by atoms with Gasteiger partial charge in [-0.3, -0.25) is 0 Å². The van der Waals surface area contributed by atoms with Gasteiger partial charge < -0.3 is 4.90 Å². The van der Waals surface area contributed by atoms with Gasteiger partial charge in [0.15, 0.2) is 0 Å². The summed E-state index contributed by atoms with van der Waals surface area (Å²) in [5.41, 5.74) is 0. The molecule has 0 bridgehead atoms. The zero-order valence-electron chi connectivity index (χ0n) is 9.08. The van der Waals surface area contributed by atoms with Gasteiger partial charge in [-0.2, -0.15) is 0 Å². The molecule has 0 aromatic heterocycles. The Hall–Kier alpha value is -0.0400. The van der Waals surface area contributed by atoms with E-state index in [1.54, 1.807) is 0 Å². The summed E-state index contributed by atoms with van der Waals surface area (Å²) in [6.07, 6.45) is 14.2. The Balaban J connectivity index is 1.60. The average Bonchev–Trinajstić information content (AvgIpc) is 2.70. The normalized spacial score (nSPS) is 27.2. The van der Waals surface area contributed by atoms with Gasteiger partial charge in [-0.1, -0.05) is 0 Å². The third-order valence-electron chi connectivity index (χ3n) is 3.41. The molecule has 0 N–H and O–H groups in total. The standard InChI is InChI=1S/C13H20N/c1-14-10-8-13(9-11-14)7-6-12-4-2-3-5-12/h2-5,13H,6-11H2,1H3. The molecule has 0 atom stereocenters. The smallest absolute Gasteiger partial charge is 0.00191 e. The first-order chi connectivity index (χ1) is 6.84. The van der Waals surface area contributed by atoms with Crippen LogP contribution in [0.4, 0.5) is 0 Å². The Morgan fingerprint density at radius 2 is 1.86 bits per heavy atom. The minimum absolute atomic E-state index is 0.973. The van der Waals surface area contributed by atoms with E-state index < -0.39 is 0 Å². The maximum Gasteiger partial charge on any atom is -0.00191 e. The summed E-state index contributed by atoms with van der Waals surface area (Å²) in [6.45, 7) is 2.59. The van der Waals surface area contributed by atoms with Crippen LogP contribution in [0.3, 0.4) is 0 Å². The van der Waals surface area contributed by atoms with E-state index in [-0.39, 0.29) is 0 Å². The molecule has 1 heterocycles. The van der Waals surface area contributed by atoms with Crippen LogP contribution in [0.15, 0.2) is 0 Å². The monoisotopic (exact) mass is 190 g/mol. The molecule has 0 aromatic rings. The number of hydrogen-bond acceptors (Lipinski definition) is 1. The minimum Gasteiger partial charge on any atom is -0.306 e. The van der Waals surface area contributed by atoms with Crippen LogP contribution < -0.4 is 0 Å². The fourth-order valence-electron chi connectivity index (χ4n) is 2.30. The molecule has 1 aliphatic heterocycles. The van der Waals surface area contributed by atoms with Crippen LogP contribution in [0.2, 0.25) is 0 Å². The van der Waals surface area contributed by atoms with E-state index in [0.717, 1.165) is 5.92 Å². The van der Waals surface area contributed by atoms with Crippen molar-refractivity contribution in [2.24, 2.45) is 5.92 Å². The van der Waals surface area contributed by atoms with Crippen molar-refractivity contribution >= 4 is 0 Å². The number of nitrogens with zero attached hydrogens (tertiary/aromatic N) is 1. The lowest BCUT2D eigenvalue weighted by atomic mass is 9.88. The SMILES string of the molecule is CN1CCC(CC[C]2[CH][CH][CH][CH]2)CC1. The lowest BCUT2D eigenvalue weighted by Crippen LogP contribution is -2.30. The molecule has 77 valence electrons. The van der Waals surface area contributed by atoms with E-state index in [1.165, 1.54) is 44.7 Å². The molecule has 5 radical (unpaired) electrons. The number of rotatable bonds is 3. The molecule has 1 heteroatoms. The Morgan fingerprint density at radius 1 is 1.21 bits per heavy atom. The largest absolute Gasteiger partial charge is 0.306 e. The molecule has 2 rings (SSSR count). The summed E-state index contributed by atoms with van der Waals surface area (Å²) >= 11 is 0. The lowest BCUT2D eigenvalue weighted by molar-refractivity contribution is 0.212. The first kappa shape index (κ1) is 10.5. The highest BCUT2D eigenvalue weighted by atomic mass is 15.1. The van der Waals surface area contributed by atoms with Gasteiger partial charge in [0.25, 0.3) is 0 Å². The zero-order valence-corrected chi connectivity index (χ0v) is 9.08. The van der Waals surface area contributed by atoms with E-state index >= 15 is 0 Å². The van der Waals surface area contributed by atoms with Crippen molar-refractivity contribution in [1.82, 2.24) is 4.90 Å². The summed E-state index contributed by atoms with van der Waals surface area (Å²) in [5, 5.41) is 0. The topological polar surface area (TPSA) is 3.24 Å². The molecular weight excluding hydrogens is 170 g/mol. The second kappa shape index (κ2) is 5.16. The average molecular weight is 190 g/mol. The van der Waals surface area contributed by atoms with Crippen LogP contribution in [0.25, 0.3) is 0 Å². The van der Waals surface area contributed by atoms with Crippen LogP contribution in [-0.2, 0) is 0 Å². The zero-order chi connectivity index (χ0) is 9.80. The van der Waals surface area contributed by atoms with Crippen molar-refractivity contribution in [2.75, 3.05) is 20.1 Å². The molecule has 0 unspecified atom stereocenters. The third kappa shape index (κ3) is 2.98. The van der Waals surface area contributed by atoms with Crippen molar-refractivity contribution < 1.29 is 0 Å². The quantitative estimate of drug-likeness (QED) is 0.661. The van der Waals surface area contributed by atoms with E-state index in [4.69, 9.17) is 0 Å². The highest BCUT2D eigenvalue weighted by Gasteiger charge is 2.20. The first-order valence-corrected chi connectivity index (χ1v) is 5.74. The summed E-state index contributed by atoms with van der Waals surface area (Å²) in [5.74, 6) is 2.49. The van der Waals surface area contributed by atoms with Gasteiger partial charge in [-0.05, 0) is 83.3 Å². The summed E-state index contributed by atoms with van der Waals surface area (Å²) in [7, 11) is 2.23. The fraction of sp³-hybridized carbons (Fsp3) is 0.615. The van der Waals surface area contributed by atoms with Gasteiger partial charge in [0, 0.05) is 0 Å². The van der Waals surface area contributed by atoms with Gasteiger partial charge in [0.05, 0.1) is 0 Å². The number of piperidine rings is 1. The van der Waals surface area contributed by atoms with Gasteiger partial charge in [0.2, 0.25) is 0 Å². The Morgan fingerprint density at radius 3 is 2.50 bits per heavy atom.